The zero-order valence-corrected chi connectivity index (χ0v) is 11.1. The van der Waals surface area contributed by atoms with Crippen LogP contribution in [0.1, 0.15) is 17.3 Å². The van der Waals surface area contributed by atoms with E-state index in [1.165, 1.54) is 25.3 Å². The summed E-state index contributed by atoms with van der Waals surface area (Å²) in [5.41, 5.74) is -0.107. The highest BCUT2D eigenvalue weighted by Gasteiger charge is 2.28. The van der Waals surface area contributed by atoms with Crippen molar-refractivity contribution >= 4 is 21.1 Å². The molecule has 1 atom stereocenters. The van der Waals surface area contributed by atoms with Gasteiger partial charge in [-0.05, 0) is 25.1 Å². The number of rotatable bonds is 5. The molecule has 0 aliphatic heterocycles. The maximum absolute atomic E-state index is 11.8. The van der Waals surface area contributed by atoms with Gasteiger partial charge in [0.2, 0.25) is 0 Å². The highest BCUT2D eigenvalue weighted by atomic mass is 32.2. The summed E-state index contributed by atoms with van der Waals surface area (Å²) in [5, 5.41) is 7.41. The van der Waals surface area contributed by atoms with Crippen molar-refractivity contribution in [3.63, 3.8) is 0 Å². The van der Waals surface area contributed by atoms with E-state index in [-0.39, 0.29) is 5.56 Å². The fourth-order valence-electron chi connectivity index (χ4n) is 1.24. The summed E-state index contributed by atoms with van der Waals surface area (Å²) in [6.45, 7) is 1.12. The summed E-state index contributed by atoms with van der Waals surface area (Å²) in [7, 11) is -3.03. The van der Waals surface area contributed by atoms with E-state index in [1.54, 1.807) is 10.8 Å². The van der Waals surface area contributed by atoms with Crippen LogP contribution in [-0.2, 0) is 14.8 Å². The molecule has 0 aromatic heterocycles. The van der Waals surface area contributed by atoms with Crippen LogP contribution in [0.3, 0.4) is 0 Å². The van der Waals surface area contributed by atoms with Crippen molar-refractivity contribution in [1.82, 2.24) is 4.72 Å². The van der Waals surface area contributed by atoms with Crippen LogP contribution in [0, 0.1) is 0 Å². The first kappa shape index (κ1) is 15.1. The number of hydrogen-bond donors (Lipinski definition) is 2. The zero-order chi connectivity index (χ0) is 14.6. The minimum absolute atomic E-state index is 0.107. The molecule has 0 aliphatic rings. The summed E-state index contributed by atoms with van der Waals surface area (Å²) in [4.78, 5) is 22.4. The minimum Gasteiger partial charge on any atom is -0.497 e. The quantitative estimate of drug-likeness (QED) is 0.802. The zero-order valence-electron chi connectivity index (χ0n) is 10.3. The predicted octanol–water partition coefficient (Wildman–Crippen LogP) is 0.228. The SMILES string of the molecule is COc1cccc(C(=O)S(=O)(=O)NC(C)C(=O)O)c1. The lowest BCUT2D eigenvalue weighted by Gasteiger charge is -2.09. The number of aliphatic carboxylic acids is 1. The lowest BCUT2D eigenvalue weighted by atomic mass is 10.2. The van der Waals surface area contributed by atoms with Gasteiger partial charge in [-0.15, -0.1) is 0 Å². The van der Waals surface area contributed by atoms with Crippen LogP contribution in [0.15, 0.2) is 24.3 Å². The van der Waals surface area contributed by atoms with Crippen molar-refractivity contribution in [3.05, 3.63) is 29.8 Å². The highest BCUT2D eigenvalue weighted by molar-refractivity contribution is 8.05. The molecule has 0 fully saturated rings. The van der Waals surface area contributed by atoms with Gasteiger partial charge in [0.15, 0.2) is 0 Å². The number of benzene rings is 1. The van der Waals surface area contributed by atoms with Crippen molar-refractivity contribution in [2.75, 3.05) is 7.11 Å². The van der Waals surface area contributed by atoms with E-state index < -0.39 is 27.1 Å². The van der Waals surface area contributed by atoms with E-state index in [4.69, 9.17) is 9.84 Å². The van der Waals surface area contributed by atoms with Crippen molar-refractivity contribution in [2.24, 2.45) is 0 Å². The standard InChI is InChI=1S/C11H13NO6S/c1-7(10(13)14)12-19(16,17)11(15)8-4-3-5-9(6-8)18-2/h3-7,12H,1-2H3,(H,13,14). The van der Waals surface area contributed by atoms with E-state index in [2.05, 4.69) is 0 Å². The molecule has 7 nitrogen and oxygen atoms in total. The Labute approximate surface area is 110 Å². The smallest absolute Gasteiger partial charge is 0.321 e. The number of methoxy groups -OCH3 is 1. The molecule has 1 rings (SSSR count). The summed E-state index contributed by atoms with van der Waals surface area (Å²) >= 11 is 0. The summed E-state index contributed by atoms with van der Waals surface area (Å²) in [5.74, 6) is -1.05. The van der Waals surface area contributed by atoms with Gasteiger partial charge in [0, 0.05) is 5.56 Å². The van der Waals surface area contributed by atoms with Gasteiger partial charge in [-0.2, -0.15) is 4.72 Å². The Bertz CT molecular complexity index is 595. The number of hydrogen-bond acceptors (Lipinski definition) is 5. The molecule has 0 spiro atoms. The first-order valence-electron chi connectivity index (χ1n) is 5.21. The van der Waals surface area contributed by atoms with E-state index in [0.717, 1.165) is 6.92 Å². The lowest BCUT2D eigenvalue weighted by Crippen LogP contribution is -2.41. The van der Waals surface area contributed by atoms with Crippen molar-refractivity contribution in [2.45, 2.75) is 13.0 Å². The molecule has 0 bridgehead atoms. The largest absolute Gasteiger partial charge is 0.497 e. The molecule has 0 amide bonds. The van der Waals surface area contributed by atoms with Crippen LogP contribution in [0.4, 0.5) is 0 Å². The molecule has 0 aliphatic carbocycles. The molecular weight excluding hydrogens is 274 g/mol. The second-order valence-corrected chi connectivity index (χ2v) is 5.31. The molecule has 0 saturated heterocycles. The van der Waals surface area contributed by atoms with Crippen molar-refractivity contribution < 1.29 is 27.9 Å². The number of carboxylic acids is 1. The molecule has 19 heavy (non-hydrogen) atoms. The summed E-state index contributed by atoms with van der Waals surface area (Å²) in [6.07, 6.45) is 0. The molecular formula is C11H13NO6S. The van der Waals surface area contributed by atoms with Gasteiger partial charge in [-0.1, -0.05) is 6.07 Å². The monoisotopic (exact) mass is 287 g/mol. The van der Waals surface area contributed by atoms with Crippen molar-refractivity contribution in [1.29, 1.82) is 0 Å². The second-order valence-electron chi connectivity index (χ2n) is 3.70. The maximum Gasteiger partial charge on any atom is 0.321 e. The van der Waals surface area contributed by atoms with Gasteiger partial charge in [0.1, 0.15) is 11.8 Å². The number of sulfonamides is 1. The van der Waals surface area contributed by atoms with Crippen LogP contribution < -0.4 is 9.46 Å². The molecule has 1 aromatic carbocycles. The Kier molecular flexibility index (Phi) is 4.62. The number of carbonyl (C=O) groups excluding carboxylic acids is 1. The van der Waals surface area contributed by atoms with Gasteiger partial charge < -0.3 is 9.84 Å². The average molecular weight is 287 g/mol. The molecule has 8 heteroatoms. The van der Waals surface area contributed by atoms with Gasteiger partial charge in [0.05, 0.1) is 7.11 Å². The normalized spacial score (nSPS) is 12.7. The molecule has 0 heterocycles. The Morgan fingerprint density at radius 1 is 1.37 bits per heavy atom. The topological polar surface area (TPSA) is 110 Å². The van der Waals surface area contributed by atoms with Gasteiger partial charge in [-0.3, -0.25) is 9.59 Å². The van der Waals surface area contributed by atoms with Gasteiger partial charge >= 0.3 is 5.97 Å². The highest BCUT2D eigenvalue weighted by Crippen LogP contribution is 2.14. The number of carboxylic acid groups (broad SMARTS) is 1. The van der Waals surface area contributed by atoms with E-state index >= 15 is 0 Å². The third-order valence-corrected chi connectivity index (χ3v) is 3.64. The first-order valence-corrected chi connectivity index (χ1v) is 6.70. The molecule has 2 N–H and O–H groups in total. The maximum atomic E-state index is 11.8. The third kappa shape index (κ3) is 3.76. The van der Waals surface area contributed by atoms with Crippen LogP contribution >= 0.6 is 0 Å². The van der Waals surface area contributed by atoms with Crippen LogP contribution in [-0.4, -0.2) is 37.8 Å². The first-order chi connectivity index (χ1) is 8.77. The van der Waals surface area contributed by atoms with Gasteiger partial charge in [0.25, 0.3) is 15.1 Å². The minimum atomic E-state index is -4.41. The van der Waals surface area contributed by atoms with E-state index in [1.807, 2.05) is 0 Å². The lowest BCUT2D eigenvalue weighted by molar-refractivity contribution is -0.138. The molecule has 1 unspecified atom stereocenters. The second kappa shape index (κ2) is 5.81. The summed E-state index contributed by atoms with van der Waals surface area (Å²) in [6, 6.07) is 4.18. The van der Waals surface area contributed by atoms with Crippen LogP contribution in [0.2, 0.25) is 0 Å². The predicted molar refractivity (Wildman–Crippen MR) is 66.5 cm³/mol. The third-order valence-electron chi connectivity index (χ3n) is 2.25. The average Bonchev–Trinajstić information content (AvgIpc) is 2.37. The molecule has 104 valence electrons. The molecule has 0 saturated carbocycles. The van der Waals surface area contributed by atoms with E-state index in [0.29, 0.717) is 5.75 Å². The van der Waals surface area contributed by atoms with Gasteiger partial charge in [-0.25, -0.2) is 8.42 Å². The van der Waals surface area contributed by atoms with Crippen LogP contribution in [0.25, 0.3) is 0 Å². The Morgan fingerprint density at radius 3 is 2.53 bits per heavy atom. The fraction of sp³-hybridized carbons (Fsp3) is 0.273. The molecule has 1 aromatic rings. The Balaban J connectivity index is 3.01. The van der Waals surface area contributed by atoms with Crippen molar-refractivity contribution in [3.8, 4) is 5.75 Å². The Morgan fingerprint density at radius 2 is 2.00 bits per heavy atom. The fourth-order valence-corrected chi connectivity index (χ4v) is 2.35. The summed E-state index contributed by atoms with van der Waals surface area (Å²) < 4.78 is 30.0. The Hall–Kier alpha value is -1.93. The number of carbonyl (C=O) groups is 2. The number of ether oxygens (including phenoxy) is 1. The molecule has 0 radical (unpaired) electrons. The number of nitrogens with one attached hydrogen (secondary N) is 1. The van der Waals surface area contributed by atoms with E-state index in [9.17, 15) is 18.0 Å². The van der Waals surface area contributed by atoms with Crippen LogP contribution in [0.5, 0.6) is 5.75 Å².